The lowest BCUT2D eigenvalue weighted by Crippen LogP contribution is -2.53. The summed E-state index contributed by atoms with van der Waals surface area (Å²) >= 11 is 0. The van der Waals surface area contributed by atoms with Crippen molar-refractivity contribution in [2.45, 2.75) is 35.9 Å². The van der Waals surface area contributed by atoms with E-state index in [0.717, 1.165) is 0 Å². The second-order valence-corrected chi connectivity index (χ2v) is 6.45. The van der Waals surface area contributed by atoms with Gasteiger partial charge in [0.05, 0.1) is 5.56 Å². The van der Waals surface area contributed by atoms with Crippen LogP contribution < -0.4 is 9.47 Å². The first-order chi connectivity index (χ1) is 15.9. The van der Waals surface area contributed by atoms with Crippen LogP contribution >= 0.6 is 0 Å². The SMILES string of the molecule is C=CC(=O)Oc1ccc(C(F)(F)C(F)(F)C(O)(F)F)c(OC(=O)C=C)c1C(F)(F)C(F)(F)C(O)(F)F. The molecule has 1 rings (SSSR count). The second kappa shape index (κ2) is 9.30. The Morgan fingerprint density at radius 1 is 0.694 bits per heavy atom. The third-order valence-electron chi connectivity index (χ3n) is 4.06. The maximum atomic E-state index is 14.7. The first kappa shape index (κ1) is 30.8. The van der Waals surface area contributed by atoms with Gasteiger partial charge in [-0.15, -0.1) is 0 Å². The van der Waals surface area contributed by atoms with Crippen LogP contribution in [0.15, 0.2) is 37.4 Å². The Balaban J connectivity index is 4.35. The molecule has 0 saturated carbocycles. The Hall–Kier alpha value is -3.28. The van der Waals surface area contributed by atoms with Crippen molar-refractivity contribution >= 4 is 11.9 Å². The summed E-state index contributed by atoms with van der Waals surface area (Å²) in [7, 11) is 0. The summed E-state index contributed by atoms with van der Waals surface area (Å²) in [6, 6.07) is -1.03. The molecule has 18 heteroatoms. The number of rotatable bonds is 10. The normalized spacial score (nSPS) is 13.7. The maximum Gasteiger partial charge on any atom is 0.423 e. The van der Waals surface area contributed by atoms with Gasteiger partial charge in [-0.1, -0.05) is 13.2 Å². The van der Waals surface area contributed by atoms with Crippen LogP contribution in [-0.2, 0) is 21.4 Å². The van der Waals surface area contributed by atoms with Crippen molar-refractivity contribution in [1.82, 2.24) is 0 Å². The van der Waals surface area contributed by atoms with Crippen LogP contribution in [0.25, 0.3) is 0 Å². The fraction of sp³-hybridized carbons (Fsp3) is 0.333. The van der Waals surface area contributed by atoms with Gasteiger partial charge in [0.15, 0.2) is 5.75 Å². The number of hydrogen-bond donors (Lipinski definition) is 2. The number of hydrogen-bond acceptors (Lipinski definition) is 6. The van der Waals surface area contributed by atoms with Gasteiger partial charge < -0.3 is 19.7 Å². The van der Waals surface area contributed by atoms with E-state index in [1.165, 1.54) is 0 Å². The van der Waals surface area contributed by atoms with Gasteiger partial charge in [-0.05, 0) is 12.1 Å². The molecule has 36 heavy (non-hydrogen) atoms. The summed E-state index contributed by atoms with van der Waals surface area (Å²) in [5, 5.41) is 16.4. The third kappa shape index (κ3) is 4.99. The minimum atomic E-state index is -7.05. The Morgan fingerprint density at radius 2 is 1.08 bits per heavy atom. The standard InChI is InChI=1S/C18H10F12O6/c1-3-9(31)35-8-6-5-7(13(19,20)15(23,24)17(27,28)33)12(36-10(32)4-2)11(8)14(21,22)16(25,26)18(29,30)34/h3-6,33-34H,1-2H2. The van der Waals surface area contributed by atoms with Crippen molar-refractivity contribution in [3.8, 4) is 11.5 Å². The molecule has 0 unspecified atom stereocenters. The van der Waals surface area contributed by atoms with Gasteiger partial charge in [-0.25, -0.2) is 9.59 Å². The highest BCUT2D eigenvalue weighted by Crippen LogP contribution is 2.59. The Bertz CT molecular complexity index is 1060. The summed E-state index contributed by atoms with van der Waals surface area (Å²) in [5.74, 6) is -36.5. The van der Waals surface area contributed by atoms with Crippen molar-refractivity contribution in [3.63, 3.8) is 0 Å². The molecule has 202 valence electrons. The molecule has 1 aromatic carbocycles. The lowest BCUT2D eigenvalue weighted by molar-refractivity contribution is -0.389. The maximum absolute atomic E-state index is 14.7. The van der Waals surface area contributed by atoms with Crippen molar-refractivity contribution in [2.75, 3.05) is 0 Å². The summed E-state index contributed by atoms with van der Waals surface area (Å²) < 4.78 is 173. The van der Waals surface area contributed by atoms with Gasteiger partial charge >= 0.3 is 47.8 Å². The zero-order valence-electron chi connectivity index (χ0n) is 16.8. The van der Waals surface area contributed by atoms with E-state index < -0.39 is 82.6 Å². The van der Waals surface area contributed by atoms with Gasteiger partial charge in [-0.2, -0.15) is 52.7 Å². The van der Waals surface area contributed by atoms with E-state index in [4.69, 9.17) is 10.2 Å². The fourth-order valence-corrected chi connectivity index (χ4v) is 2.30. The minimum absolute atomic E-state index is 0.0934. The number of carbonyl (C=O) groups excluding carboxylic acids is 2. The summed E-state index contributed by atoms with van der Waals surface area (Å²) in [5.41, 5.74) is -6.16. The minimum Gasteiger partial charge on any atom is -0.423 e. The van der Waals surface area contributed by atoms with E-state index in [9.17, 15) is 62.3 Å². The Morgan fingerprint density at radius 3 is 1.47 bits per heavy atom. The lowest BCUT2D eigenvalue weighted by atomic mass is 9.92. The van der Waals surface area contributed by atoms with E-state index >= 15 is 0 Å². The van der Waals surface area contributed by atoms with Crippen molar-refractivity contribution < 1.29 is 82.0 Å². The first-order valence-electron chi connectivity index (χ1n) is 8.49. The molecule has 0 aliphatic heterocycles. The third-order valence-corrected chi connectivity index (χ3v) is 4.06. The molecule has 0 bridgehead atoms. The highest BCUT2D eigenvalue weighted by atomic mass is 19.4. The monoisotopic (exact) mass is 550 g/mol. The molecule has 0 aliphatic carbocycles. The van der Waals surface area contributed by atoms with Crippen molar-refractivity contribution in [3.05, 3.63) is 48.6 Å². The molecule has 2 N–H and O–H groups in total. The van der Waals surface area contributed by atoms with Crippen LogP contribution in [0.5, 0.6) is 11.5 Å². The van der Waals surface area contributed by atoms with Gasteiger partial charge in [0.2, 0.25) is 0 Å². The molecular weight excluding hydrogens is 540 g/mol. The Kier molecular flexibility index (Phi) is 7.95. The summed E-state index contributed by atoms with van der Waals surface area (Å²) in [4.78, 5) is 22.9. The molecule has 0 fully saturated rings. The van der Waals surface area contributed by atoms with Crippen LogP contribution in [-0.4, -0.2) is 46.2 Å². The smallest absolute Gasteiger partial charge is 0.423 e. The van der Waals surface area contributed by atoms with Crippen molar-refractivity contribution in [1.29, 1.82) is 0 Å². The predicted octanol–water partition coefficient (Wildman–Crippen LogP) is 4.49. The molecular formula is C18H10F12O6. The molecule has 0 spiro atoms. The second-order valence-electron chi connectivity index (χ2n) is 6.45. The molecule has 1 aromatic rings. The summed E-state index contributed by atoms with van der Waals surface area (Å²) in [6.45, 7) is 5.37. The number of carbonyl (C=O) groups is 2. The Labute approximate surface area is 191 Å². The molecule has 0 radical (unpaired) electrons. The average Bonchev–Trinajstić information content (AvgIpc) is 2.71. The van der Waals surface area contributed by atoms with Crippen molar-refractivity contribution in [2.24, 2.45) is 0 Å². The zero-order chi connectivity index (χ0) is 28.7. The van der Waals surface area contributed by atoms with Gasteiger partial charge in [-0.3, -0.25) is 0 Å². The van der Waals surface area contributed by atoms with E-state index in [2.05, 4.69) is 22.6 Å². The predicted molar refractivity (Wildman–Crippen MR) is 90.1 cm³/mol. The quantitative estimate of drug-likeness (QED) is 0.193. The topological polar surface area (TPSA) is 93.1 Å². The zero-order valence-corrected chi connectivity index (χ0v) is 16.8. The van der Waals surface area contributed by atoms with E-state index in [1.54, 1.807) is 0 Å². The van der Waals surface area contributed by atoms with Crippen LogP contribution in [0, 0.1) is 0 Å². The molecule has 0 saturated heterocycles. The lowest BCUT2D eigenvalue weighted by Gasteiger charge is -2.34. The molecule has 0 aliphatic rings. The van der Waals surface area contributed by atoms with Gasteiger partial charge in [0.25, 0.3) is 0 Å². The van der Waals surface area contributed by atoms with Gasteiger partial charge in [0, 0.05) is 12.2 Å². The number of ether oxygens (including phenoxy) is 2. The highest BCUT2D eigenvalue weighted by molar-refractivity contribution is 5.86. The number of benzene rings is 1. The van der Waals surface area contributed by atoms with Crippen LogP contribution in [0.2, 0.25) is 0 Å². The van der Waals surface area contributed by atoms with Crippen LogP contribution in [0.4, 0.5) is 52.7 Å². The number of halogens is 12. The number of alkyl halides is 12. The summed E-state index contributed by atoms with van der Waals surface area (Å²) in [6.07, 6.45) is -13.3. The van der Waals surface area contributed by atoms with Gasteiger partial charge in [0.1, 0.15) is 11.3 Å². The van der Waals surface area contributed by atoms with Crippen LogP contribution in [0.3, 0.4) is 0 Å². The van der Waals surface area contributed by atoms with E-state index in [-0.39, 0.29) is 12.2 Å². The largest absolute Gasteiger partial charge is 0.423 e. The first-order valence-corrected chi connectivity index (χ1v) is 8.49. The number of aliphatic hydroxyl groups is 2. The molecule has 6 nitrogen and oxygen atoms in total. The molecule has 0 aromatic heterocycles. The average molecular weight is 550 g/mol. The molecule has 0 amide bonds. The van der Waals surface area contributed by atoms with E-state index in [1.807, 2.05) is 0 Å². The van der Waals surface area contributed by atoms with E-state index in [0.29, 0.717) is 0 Å². The number of esters is 2. The molecule has 0 heterocycles. The highest BCUT2D eigenvalue weighted by Gasteiger charge is 2.76. The fourth-order valence-electron chi connectivity index (χ4n) is 2.30. The van der Waals surface area contributed by atoms with Crippen LogP contribution in [0.1, 0.15) is 11.1 Å². The molecule has 0 atom stereocenters.